The van der Waals surface area contributed by atoms with Crippen LogP contribution < -0.4 is 10.1 Å². The maximum Gasteiger partial charge on any atom is 0.255 e. The van der Waals surface area contributed by atoms with E-state index in [1.807, 2.05) is 48.5 Å². The highest BCUT2D eigenvalue weighted by molar-refractivity contribution is 6.01. The number of ether oxygens (including phenoxy) is 2. The average molecular weight is 435 g/mol. The van der Waals surface area contributed by atoms with Crippen molar-refractivity contribution in [3.63, 3.8) is 0 Å². The van der Waals surface area contributed by atoms with Gasteiger partial charge in [-0.15, -0.1) is 0 Å². The first-order valence-corrected chi connectivity index (χ1v) is 11.1. The van der Waals surface area contributed by atoms with Gasteiger partial charge < -0.3 is 19.9 Å². The number of phenols is 1. The van der Waals surface area contributed by atoms with Gasteiger partial charge in [0.15, 0.2) is 0 Å². The van der Waals surface area contributed by atoms with E-state index in [0.717, 1.165) is 54.7 Å². The lowest BCUT2D eigenvalue weighted by Crippen LogP contribution is -2.38. The summed E-state index contributed by atoms with van der Waals surface area (Å²) in [5.74, 6) is 0.454. The number of benzene rings is 3. The Morgan fingerprint density at radius 1 is 1.09 bits per heavy atom. The fourth-order valence-corrected chi connectivity index (χ4v) is 4.05. The molecule has 0 spiro atoms. The SMILES string of the molecule is CN(CCOc1cccc(CNC(=O)c2cc3ccccc3cc2O)c1)C1CCOCC1. The van der Waals surface area contributed by atoms with Gasteiger partial charge >= 0.3 is 0 Å². The Labute approximate surface area is 188 Å². The highest BCUT2D eigenvalue weighted by atomic mass is 16.5. The first-order chi connectivity index (χ1) is 15.6. The summed E-state index contributed by atoms with van der Waals surface area (Å²) < 4.78 is 11.4. The minimum Gasteiger partial charge on any atom is -0.507 e. The van der Waals surface area contributed by atoms with E-state index < -0.39 is 0 Å². The quantitative estimate of drug-likeness (QED) is 0.562. The van der Waals surface area contributed by atoms with Gasteiger partial charge in [0.2, 0.25) is 0 Å². The number of phenolic OH excluding ortho intramolecular Hbond substituents is 1. The highest BCUT2D eigenvalue weighted by Crippen LogP contribution is 2.25. The third-order valence-electron chi connectivity index (χ3n) is 5.99. The van der Waals surface area contributed by atoms with Crippen molar-refractivity contribution in [2.24, 2.45) is 0 Å². The second kappa shape index (κ2) is 10.5. The van der Waals surface area contributed by atoms with Crippen molar-refractivity contribution in [2.75, 3.05) is 33.4 Å². The molecule has 1 aliphatic rings. The Balaban J connectivity index is 1.30. The van der Waals surface area contributed by atoms with Crippen LogP contribution in [0.15, 0.2) is 60.7 Å². The highest BCUT2D eigenvalue weighted by Gasteiger charge is 2.18. The second-order valence-corrected chi connectivity index (χ2v) is 8.22. The number of rotatable bonds is 8. The van der Waals surface area contributed by atoms with E-state index >= 15 is 0 Å². The second-order valence-electron chi connectivity index (χ2n) is 8.22. The summed E-state index contributed by atoms with van der Waals surface area (Å²) >= 11 is 0. The Bertz CT molecular complexity index is 1060. The van der Waals surface area contributed by atoms with Crippen molar-refractivity contribution >= 4 is 16.7 Å². The molecule has 32 heavy (non-hydrogen) atoms. The number of fused-ring (bicyclic) bond motifs is 1. The molecule has 6 heteroatoms. The molecular formula is C26H30N2O4. The molecular weight excluding hydrogens is 404 g/mol. The first-order valence-electron chi connectivity index (χ1n) is 11.1. The molecule has 168 valence electrons. The molecule has 1 amide bonds. The predicted octanol–water partition coefficient (Wildman–Crippen LogP) is 3.97. The van der Waals surface area contributed by atoms with Gasteiger partial charge in [0.1, 0.15) is 18.1 Å². The molecule has 0 bridgehead atoms. The fourth-order valence-electron chi connectivity index (χ4n) is 4.05. The normalized spacial score (nSPS) is 14.6. The van der Waals surface area contributed by atoms with Crippen molar-refractivity contribution in [1.29, 1.82) is 0 Å². The maximum atomic E-state index is 12.6. The van der Waals surface area contributed by atoms with Crippen LogP contribution in [0.5, 0.6) is 11.5 Å². The van der Waals surface area contributed by atoms with Crippen LogP contribution in [0.2, 0.25) is 0 Å². The fraction of sp³-hybridized carbons (Fsp3) is 0.346. The maximum absolute atomic E-state index is 12.6. The van der Waals surface area contributed by atoms with Gasteiger partial charge in [0.25, 0.3) is 5.91 Å². The predicted molar refractivity (Wildman–Crippen MR) is 125 cm³/mol. The van der Waals surface area contributed by atoms with E-state index in [0.29, 0.717) is 19.2 Å². The number of hydrogen-bond acceptors (Lipinski definition) is 5. The monoisotopic (exact) mass is 434 g/mol. The van der Waals surface area contributed by atoms with Gasteiger partial charge in [-0.25, -0.2) is 0 Å². The zero-order chi connectivity index (χ0) is 22.3. The van der Waals surface area contributed by atoms with Crippen LogP contribution in [-0.4, -0.2) is 55.4 Å². The summed E-state index contributed by atoms with van der Waals surface area (Å²) in [6, 6.07) is 19.3. The molecule has 1 saturated heterocycles. The van der Waals surface area contributed by atoms with E-state index in [4.69, 9.17) is 9.47 Å². The summed E-state index contributed by atoms with van der Waals surface area (Å²) in [5, 5.41) is 15.0. The van der Waals surface area contributed by atoms with Crippen LogP contribution in [0.1, 0.15) is 28.8 Å². The van der Waals surface area contributed by atoms with Crippen molar-refractivity contribution in [3.8, 4) is 11.5 Å². The van der Waals surface area contributed by atoms with E-state index in [2.05, 4.69) is 17.3 Å². The molecule has 6 nitrogen and oxygen atoms in total. The van der Waals surface area contributed by atoms with Crippen LogP contribution in [0.4, 0.5) is 0 Å². The lowest BCUT2D eigenvalue weighted by molar-refractivity contribution is 0.0392. The van der Waals surface area contributed by atoms with Gasteiger partial charge in [-0.05, 0) is 60.5 Å². The zero-order valence-electron chi connectivity index (χ0n) is 18.4. The molecule has 0 aliphatic carbocycles. The summed E-state index contributed by atoms with van der Waals surface area (Å²) in [5.41, 5.74) is 1.21. The third-order valence-corrected chi connectivity index (χ3v) is 5.99. The molecule has 0 radical (unpaired) electrons. The zero-order valence-corrected chi connectivity index (χ0v) is 18.4. The van der Waals surface area contributed by atoms with E-state index in [-0.39, 0.29) is 17.2 Å². The summed E-state index contributed by atoms with van der Waals surface area (Å²) in [6.45, 7) is 3.48. The van der Waals surface area contributed by atoms with Crippen LogP contribution in [-0.2, 0) is 11.3 Å². The molecule has 0 unspecified atom stereocenters. The van der Waals surface area contributed by atoms with Crippen LogP contribution in [0.25, 0.3) is 10.8 Å². The number of likely N-dealkylation sites (N-methyl/N-ethyl adjacent to an activating group) is 1. The Morgan fingerprint density at radius 3 is 2.62 bits per heavy atom. The first kappa shape index (κ1) is 22.1. The van der Waals surface area contributed by atoms with E-state index in [1.54, 1.807) is 12.1 Å². The molecule has 0 saturated carbocycles. The molecule has 3 aromatic rings. The van der Waals surface area contributed by atoms with Crippen LogP contribution in [0, 0.1) is 0 Å². The topological polar surface area (TPSA) is 71.0 Å². The number of nitrogens with zero attached hydrogens (tertiary/aromatic N) is 1. The largest absolute Gasteiger partial charge is 0.507 e. The van der Waals surface area contributed by atoms with E-state index in [9.17, 15) is 9.90 Å². The van der Waals surface area contributed by atoms with Crippen molar-refractivity contribution in [2.45, 2.75) is 25.4 Å². The number of carbonyl (C=O) groups excluding carboxylic acids is 1. The van der Waals surface area contributed by atoms with Crippen molar-refractivity contribution in [1.82, 2.24) is 10.2 Å². The molecule has 1 fully saturated rings. The summed E-state index contributed by atoms with van der Waals surface area (Å²) in [6.07, 6.45) is 2.14. The number of amides is 1. The molecule has 0 aromatic heterocycles. The Morgan fingerprint density at radius 2 is 1.84 bits per heavy atom. The molecule has 4 rings (SSSR count). The Hall–Kier alpha value is -3.09. The van der Waals surface area contributed by atoms with E-state index in [1.165, 1.54) is 0 Å². The lowest BCUT2D eigenvalue weighted by atomic mass is 10.1. The molecule has 1 heterocycles. The van der Waals surface area contributed by atoms with Crippen molar-refractivity contribution in [3.05, 3.63) is 71.8 Å². The van der Waals surface area contributed by atoms with Crippen LogP contribution in [0.3, 0.4) is 0 Å². The smallest absolute Gasteiger partial charge is 0.255 e. The summed E-state index contributed by atoms with van der Waals surface area (Å²) in [7, 11) is 2.13. The standard InChI is InChI=1S/C26H30N2O4/c1-28(22-9-12-31-13-10-22)11-14-32-23-8-4-5-19(15-23)18-27-26(30)24-16-20-6-2-3-7-21(20)17-25(24)29/h2-8,15-17,22,29H,9-14,18H2,1H3,(H,27,30). The third kappa shape index (κ3) is 5.58. The number of nitrogens with one attached hydrogen (secondary N) is 1. The number of hydrogen-bond donors (Lipinski definition) is 2. The van der Waals surface area contributed by atoms with Crippen LogP contribution >= 0.6 is 0 Å². The summed E-state index contributed by atoms with van der Waals surface area (Å²) in [4.78, 5) is 15.0. The van der Waals surface area contributed by atoms with Crippen molar-refractivity contribution < 1.29 is 19.4 Å². The number of aromatic hydroxyl groups is 1. The van der Waals surface area contributed by atoms with Gasteiger partial charge in [0.05, 0.1) is 5.56 Å². The molecule has 1 aliphatic heterocycles. The number of carbonyl (C=O) groups is 1. The van der Waals surface area contributed by atoms with Gasteiger partial charge in [-0.1, -0.05) is 36.4 Å². The molecule has 0 atom stereocenters. The van der Waals surface area contributed by atoms with Gasteiger partial charge in [0, 0.05) is 32.3 Å². The Kier molecular flexibility index (Phi) is 7.24. The minimum atomic E-state index is -0.308. The minimum absolute atomic E-state index is 0.0214. The van der Waals surface area contributed by atoms with Gasteiger partial charge in [-0.2, -0.15) is 0 Å². The molecule has 2 N–H and O–H groups in total. The van der Waals surface area contributed by atoms with Gasteiger partial charge in [-0.3, -0.25) is 9.69 Å². The lowest BCUT2D eigenvalue weighted by Gasteiger charge is -2.31. The average Bonchev–Trinajstić information content (AvgIpc) is 2.83. The molecule has 3 aromatic carbocycles.